The van der Waals surface area contributed by atoms with E-state index >= 15 is 0 Å². The van der Waals surface area contributed by atoms with Crippen molar-refractivity contribution in [1.29, 1.82) is 0 Å². The summed E-state index contributed by atoms with van der Waals surface area (Å²) in [6.45, 7) is 10.5. The van der Waals surface area contributed by atoms with E-state index in [4.69, 9.17) is 19.4 Å². The van der Waals surface area contributed by atoms with Crippen LogP contribution >= 0.6 is 0 Å². The molecule has 3 rings (SSSR count). The van der Waals surface area contributed by atoms with Crippen LogP contribution < -0.4 is 10.2 Å². The predicted octanol–water partition coefficient (Wildman–Crippen LogP) is 1.67. The van der Waals surface area contributed by atoms with Crippen LogP contribution in [-0.4, -0.2) is 79.1 Å². The molecule has 0 amide bonds. The molecule has 0 bridgehead atoms. The van der Waals surface area contributed by atoms with Crippen molar-refractivity contribution in [3.05, 3.63) is 24.3 Å². The maximum atomic E-state index is 9.82. The molecule has 2 aromatic rings. The number of hydrogen-bond acceptors (Lipinski definition) is 8. The van der Waals surface area contributed by atoms with Crippen molar-refractivity contribution in [2.24, 2.45) is 0 Å². The number of ether oxygens (including phenoxy) is 2. The van der Waals surface area contributed by atoms with Gasteiger partial charge in [-0.1, -0.05) is 12.1 Å². The Labute approximate surface area is 167 Å². The van der Waals surface area contributed by atoms with Gasteiger partial charge in [-0.2, -0.15) is 0 Å². The average molecular weight is 387 g/mol. The highest BCUT2D eigenvalue weighted by molar-refractivity contribution is 6.45. The summed E-state index contributed by atoms with van der Waals surface area (Å²) in [4.78, 5) is 14.0. The van der Waals surface area contributed by atoms with E-state index in [2.05, 4.69) is 15.0 Å². The lowest BCUT2D eigenvalue weighted by Crippen LogP contribution is -2.51. The lowest BCUT2D eigenvalue weighted by atomic mass is 9.84. The minimum Gasteiger partial charge on any atom is -0.437 e. The van der Waals surface area contributed by atoms with Crippen LogP contribution in [0.4, 0.5) is 11.6 Å². The predicted molar refractivity (Wildman–Crippen MR) is 113 cm³/mol. The summed E-state index contributed by atoms with van der Waals surface area (Å²) in [7, 11) is -0.430. The summed E-state index contributed by atoms with van der Waals surface area (Å²) in [6, 6.07) is 7.88. The molecule has 0 radical (unpaired) electrons. The molecule has 0 spiro atoms. The molecule has 1 aliphatic rings. The van der Waals surface area contributed by atoms with Crippen LogP contribution in [0.25, 0.3) is 11.0 Å². The minimum atomic E-state index is -0.430. The Bertz CT molecular complexity index is 749. The molecular formula is C19H30BN5O3. The lowest BCUT2D eigenvalue weighted by molar-refractivity contribution is -0.126. The molecule has 28 heavy (non-hydrogen) atoms. The first-order valence-corrected chi connectivity index (χ1v) is 10.0. The van der Waals surface area contributed by atoms with E-state index in [1.54, 1.807) is 6.82 Å². The number of fused-ring (bicyclic) bond motifs is 1. The van der Waals surface area contributed by atoms with Gasteiger partial charge in [0.25, 0.3) is 0 Å². The van der Waals surface area contributed by atoms with Crippen LogP contribution in [-0.2, 0) is 9.47 Å². The van der Waals surface area contributed by atoms with Gasteiger partial charge in [0, 0.05) is 39.4 Å². The van der Waals surface area contributed by atoms with Crippen molar-refractivity contribution in [2.75, 3.05) is 56.2 Å². The molecule has 8 nitrogen and oxygen atoms in total. The van der Waals surface area contributed by atoms with E-state index in [0.29, 0.717) is 19.8 Å². The van der Waals surface area contributed by atoms with Crippen LogP contribution in [0.2, 0.25) is 6.82 Å². The third kappa shape index (κ3) is 5.11. The highest BCUT2D eigenvalue weighted by Gasteiger charge is 2.25. The Balaban J connectivity index is 1.82. The van der Waals surface area contributed by atoms with Crippen LogP contribution in [0.3, 0.4) is 0 Å². The zero-order chi connectivity index (χ0) is 19.9. The van der Waals surface area contributed by atoms with Gasteiger partial charge < -0.3 is 29.5 Å². The Hall–Kier alpha value is -1.94. The molecular weight excluding hydrogens is 357 g/mol. The first-order chi connectivity index (χ1) is 13.6. The molecule has 1 aromatic heterocycles. The third-order valence-corrected chi connectivity index (χ3v) is 4.84. The van der Waals surface area contributed by atoms with Crippen LogP contribution in [0.15, 0.2) is 24.3 Å². The van der Waals surface area contributed by atoms with Gasteiger partial charge in [-0.15, -0.1) is 0 Å². The topological polar surface area (TPSA) is 83.0 Å². The number of nitrogens with one attached hydrogen (secondary N) is 1. The van der Waals surface area contributed by atoms with Gasteiger partial charge in [0.05, 0.1) is 17.6 Å². The van der Waals surface area contributed by atoms with Crippen molar-refractivity contribution in [3.8, 4) is 0 Å². The molecule has 2 N–H and O–H groups in total. The van der Waals surface area contributed by atoms with Gasteiger partial charge in [0.1, 0.15) is 0 Å². The van der Waals surface area contributed by atoms with E-state index in [0.717, 1.165) is 48.8 Å². The maximum Gasteiger partial charge on any atom is 0.376 e. The smallest absolute Gasteiger partial charge is 0.376 e. The second kappa shape index (κ2) is 10.0. The minimum absolute atomic E-state index is 0.330. The Morgan fingerprint density at radius 2 is 1.68 bits per heavy atom. The third-order valence-electron chi connectivity index (χ3n) is 4.84. The van der Waals surface area contributed by atoms with Crippen LogP contribution in [0, 0.1) is 0 Å². The second-order valence-corrected chi connectivity index (χ2v) is 6.76. The van der Waals surface area contributed by atoms with Gasteiger partial charge >= 0.3 is 7.05 Å². The van der Waals surface area contributed by atoms with Crippen molar-refractivity contribution in [3.63, 3.8) is 0 Å². The zero-order valence-corrected chi connectivity index (χ0v) is 17.0. The monoisotopic (exact) mass is 387 g/mol. The number of rotatable bonds is 9. The molecule has 152 valence electrons. The molecule has 0 unspecified atom stereocenters. The number of hydrogen-bond donors (Lipinski definition) is 2. The maximum absolute atomic E-state index is 9.82. The highest BCUT2D eigenvalue weighted by Crippen LogP contribution is 2.26. The van der Waals surface area contributed by atoms with Gasteiger partial charge in [0.2, 0.25) is 0 Å². The van der Waals surface area contributed by atoms with E-state index < -0.39 is 7.05 Å². The van der Waals surface area contributed by atoms with Crippen molar-refractivity contribution < 1.29 is 14.5 Å². The zero-order valence-electron chi connectivity index (χ0n) is 17.0. The molecule has 1 saturated heterocycles. The fourth-order valence-electron chi connectivity index (χ4n) is 3.35. The van der Waals surface area contributed by atoms with Gasteiger partial charge in [-0.3, -0.25) is 0 Å². The molecule has 1 fully saturated rings. The molecule has 0 saturated carbocycles. The molecule has 2 heterocycles. The normalized spacial score (nSPS) is 15.4. The second-order valence-electron chi connectivity index (χ2n) is 6.76. The number of anilines is 2. The number of piperazine rings is 1. The molecule has 1 aliphatic heterocycles. The number of para-hydroxylation sites is 2. The molecule has 9 heteroatoms. The van der Waals surface area contributed by atoms with Crippen molar-refractivity contribution >= 4 is 29.7 Å². The van der Waals surface area contributed by atoms with E-state index in [1.165, 1.54) is 0 Å². The fraction of sp³-hybridized carbons (Fsp3) is 0.579. The first-order valence-electron chi connectivity index (χ1n) is 10.0. The SMILES string of the molecule is CCOC(CNc1nc2ccccc2nc1N1CCN(B(C)O)CC1)OCC. The molecule has 0 aliphatic carbocycles. The van der Waals surface area contributed by atoms with Gasteiger partial charge in [-0.25, -0.2) is 9.97 Å². The lowest BCUT2D eigenvalue weighted by Gasteiger charge is -2.36. The van der Waals surface area contributed by atoms with Crippen LogP contribution in [0.5, 0.6) is 0 Å². The van der Waals surface area contributed by atoms with E-state index in [9.17, 15) is 5.02 Å². The average Bonchev–Trinajstić information content (AvgIpc) is 2.71. The number of aromatic nitrogens is 2. The summed E-state index contributed by atoms with van der Waals surface area (Å²) in [5, 5.41) is 13.2. The standard InChI is InChI=1S/C19H30BN5O3/c1-4-27-17(28-5-2)14-21-18-19(23-16-9-7-6-8-15(16)22-18)24-10-12-25(13-11-24)20(3)26/h6-9,17,26H,4-5,10-14H2,1-3H3,(H,21,22). The summed E-state index contributed by atoms with van der Waals surface area (Å²) >= 11 is 0. The highest BCUT2D eigenvalue weighted by atomic mass is 16.7. The Morgan fingerprint density at radius 1 is 1.07 bits per heavy atom. The Morgan fingerprint density at radius 3 is 2.25 bits per heavy atom. The van der Waals surface area contributed by atoms with Crippen molar-refractivity contribution in [2.45, 2.75) is 27.0 Å². The summed E-state index contributed by atoms with van der Waals surface area (Å²) in [6.07, 6.45) is -0.330. The number of benzene rings is 1. The van der Waals surface area contributed by atoms with Gasteiger partial charge in [0.15, 0.2) is 17.9 Å². The summed E-state index contributed by atoms with van der Waals surface area (Å²) in [5.41, 5.74) is 1.72. The largest absolute Gasteiger partial charge is 0.437 e. The summed E-state index contributed by atoms with van der Waals surface area (Å²) < 4.78 is 11.3. The first kappa shape index (κ1) is 20.8. The van der Waals surface area contributed by atoms with Gasteiger partial charge in [-0.05, 0) is 32.8 Å². The van der Waals surface area contributed by atoms with E-state index in [-0.39, 0.29) is 6.29 Å². The summed E-state index contributed by atoms with van der Waals surface area (Å²) in [5.74, 6) is 1.56. The quantitative estimate of drug-likeness (QED) is 0.497. The number of nitrogens with zero attached hydrogens (tertiary/aromatic N) is 4. The van der Waals surface area contributed by atoms with Crippen molar-refractivity contribution in [1.82, 2.24) is 14.8 Å². The Kier molecular flexibility index (Phi) is 7.44. The van der Waals surface area contributed by atoms with E-state index in [1.807, 2.05) is 38.1 Å². The van der Waals surface area contributed by atoms with Crippen LogP contribution in [0.1, 0.15) is 13.8 Å². The molecule has 1 aromatic carbocycles. The molecule has 0 atom stereocenters. The fourth-order valence-corrected chi connectivity index (χ4v) is 3.35.